The number of nitrogens with one attached hydrogen (secondary N) is 1. The van der Waals surface area contributed by atoms with Crippen molar-refractivity contribution < 1.29 is 33.3 Å². The fraction of sp³-hybridized carbons (Fsp3) is 0.250. The van der Waals surface area contributed by atoms with E-state index in [4.69, 9.17) is 18.9 Å². The zero-order valence-electron chi connectivity index (χ0n) is 15.1. The van der Waals surface area contributed by atoms with Crippen molar-refractivity contribution in [3.05, 3.63) is 47.0 Å². The summed E-state index contributed by atoms with van der Waals surface area (Å²) in [6.45, 7) is 1.53. The van der Waals surface area contributed by atoms with Gasteiger partial charge in [-0.3, -0.25) is 9.59 Å². The van der Waals surface area contributed by atoms with Crippen molar-refractivity contribution in [1.29, 1.82) is 0 Å². The van der Waals surface area contributed by atoms with Gasteiger partial charge >= 0.3 is 5.97 Å². The van der Waals surface area contributed by atoms with Gasteiger partial charge in [0.25, 0.3) is 5.91 Å². The van der Waals surface area contributed by atoms with Crippen molar-refractivity contribution in [2.45, 2.75) is 13.3 Å². The molecule has 0 spiro atoms. The molecule has 2 aliphatic rings. The molecule has 144 valence electrons. The SMILES string of the molecule is CC(=O)c1cc2c(cc1NC(=O)COC(=O)c1ccc3c(c1)CCO3)OCO2. The third kappa shape index (κ3) is 3.48. The van der Waals surface area contributed by atoms with Crippen molar-refractivity contribution in [2.24, 2.45) is 0 Å². The minimum absolute atomic E-state index is 0.0491. The third-order valence-electron chi connectivity index (χ3n) is 4.43. The van der Waals surface area contributed by atoms with Crippen LogP contribution in [0, 0.1) is 0 Å². The minimum Gasteiger partial charge on any atom is -0.493 e. The zero-order chi connectivity index (χ0) is 19.7. The van der Waals surface area contributed by atoms with Gasteiger partial charge in [-0.05, 0) is 36.8 Å². The standard InChI is InChI=1S/C20H17NO7/c1-11(22)14-7-17-18(28-10-27-17)8-15(14)21-19(23)9-26-20(24)13-2-3-16-12(6-13)4-5-25-16/h2-3,6-8H,4-5,9-10H2,1H3,(H,21,23). The predicted molar refractivity (Wildman–Crippen MR) is 97.1 cm³/mol. The summed E-state index contributed by atoms with van der Waals surface area (Å²) in [5, 5.41) is 2.58. The number of carbonyl (C=O) groups excluding carboxylic acids is 3. The maximum absolute atomic E-state index is 12.2. The monoisotopic (exact) mass is 383 g/mol. The lowest BCUT2D eigenvalue weighted by Crippen LogP contribution is -2.22. The Morgan fingerprint density at radius 1 is 1.04 bits per heavy atom. The molecule has 0 radical (unpaired) electrons. The summed E-state index contributed by atoms with van der Waals surface area (Å²) in [4.78, 5) is 36.3. The molecule has 2 aromatic carbocycles. The van der Waals surface area contributed by atoms with Gasteiger partial charge in [0.2, 0.25) is 6.79 Å². The largest absolute Gasteiger partial charge is 0.493 e. The van der Waals surface area contributed by atoms with Crippen LogP contribution < -0.4 is 19.5 Å². The number of Topliss-reactive ketones (excluding diaryl/α,β-unsaturated/α-hetero) is 1. The Labute approximate surface area is 160 Å². The Bertz CT molecular complexity index is 983. The summed E-state index contributed by atoms with van der Waals surface area (Å²) in [5.41, 5.74) is 1.84. The quantitative estimate of drug-likeness (QED) is 0.625. The first-order valence-electron chi connectivity index (χ1n) is 8.68. The molecule has 0 aliphatic carbocycles. The van der Waals surface area contributed by atoms with Crippen LogP contribution >= 0.6 is 0 Å². The number of ether oxygens (including phenoxy) is 4. The van der Waals surface area contributed by atoms with Crippen molar-refractivity contribution in [3.8, 4) is 17.2 Å². The van der Waals surface area contributed by atoms with Crippen LogP contribution in [0.15, 0.2) is 30.3 Å². The van der Waals surface area contributed by atoms with Crippen LogP contribution in [-0.4, -0.2) is 37.7 Å². The molecule has 28 heavy (non-hydrogen) atoms. The fourth-order valence-corrected chi connectivity index (χ4v) is 3.05. The van der Waals surface area contributed by atoms with E-state index in [1.165, 1.54) is 19.1 Å². The van der Waals surface area contributed by atoms with E-state index in [2.05, 4.69) is 5.32 Å². The minimum atomic E-state index is -0.609. The Kier molecular flexibility index (Phi) is 4.60. The second-order valence-electron chi connectivity index (χ2n) is 6.35. The zero-order valence-corrected chi connectivity index (χ0v) is 15.1. The highest BCUT2D eigenvalue weighted by molar-refractivity contribution is 6.05. The van der Waals surface area contributed by atoms with Crippen LogP contribution in [0.25, 0.3) is 0 Å². The molecule has 0 saturated heterocycles. The number of amides is 1. The van der Waals surface area contributed by atoms with E-state index in [1.54, 1.807) is 18.2 Å². The van der Waals surface area contributed by atoms with Gasteiger partial charge < -0.3 is 24.3 Å². The molecule has 0 unspecified atom stereocenters. The average molecular weight is 383 g/mol. The van der Waals surface area contributed by atoms with Gasteiger partial charge in [-0.1, -0.05) is 0 Å². The topological polar surface area (TPSA) is 100 Å². The first-order chi connectivity index (χ1) is 13.5. The molecule has 8 heteroatoms. The van der Waals surface area contributed by atoms with Gasteiger partial charge in [0.15, 0.2) is 23.9 Å². The smallest absolute Gasteiger partial charge is 0.338 e. The Morgan fingerprint density at radius 3 is 2.61 bits per heavy atom. The third-order valence-corrected chi connectivity index (χ3v) is 4.43. The number of ketones is 1. The summed E-state index contributed by atoms with van der Waals surface area (Å²) < 4.78 is 21.0. The van der Waals surface area contributed by atoms with Gasteiger partial charge in [-0.2, -0.15) is 0 Å². The predicted octanol–water partition coefficient (Wildman–Crippen LogP) is 2.35. The van der Waals surface area contributed by atoms with E-state index >= 15 is 0 Å². The average Bonchev–Trinajstić information content (AvgIpc) is 3.33. The Hall–Kier alpha value is -3.55. The van der Waals surface area contributed by atoms with E-state index in [0.29, 0.717) is 23.7 Å². The first kappa shape index (κ1) is 17.8. The maximum atomic E-state index is 12.2. The lowest BCUT2D eigenvalue weighted by atomic mass is 10.1. The molecular formula is C20H17NO7. The molecule has 0 bridgehead atoms. The number of hydrogen-bond acceptors (Lipinski definition) is 7. The highest BCUT2D eigenvalue weighted by atomic mass is 16.7. The molecule has 4 rings (SSSR count). The maximum Gasteiger partial charge on any atom is 0.338 e. The Balaban J connectivity index is 1.41. The van der Waals surface area contributed by atoms with Crippen molar-refractivity contribution in [1.82, 2.24) is 0 Å². The van der Waals surface area contributed by atoms with E-state index in [-0.39, 0.29) is 23.8 Å². The number of rotatable bonds is 5. The fourth-order valence-electron chi connectivity index (χ4n) is 3.05. The molecule has 0 aromatic heterocycles. The number of hydrogen-bond donors (Lipinski definition) is 1. The molecule has 2 aliphatic heterocycles. The molecular weight excluding hydrogens is 366 g/mol. The van der Waals surface area contributed by atoms with E-state index in [9.17, 15) is 14.4 Å². The van der Waals surface area contributed by atoms with Crippen LogP contribution in [0.3, 0.4) is 0 Å². The van der Waals surface area contributed by atoms with Crippen LogP contribution in [0.2, 0.25) is 0 Å². The number of fused-ring (bicyclic) bond motifs is 2. The van der Waals surface area contributed by atoms with E-state index in [1.807, 2.05) is 0 Å². The van der Waals surface area contributed by atoms with Crippen LogP contribution in [0.5, 0.6) is 17.2 Å². The van der Waals surface area contributed by atoms with Gasteiger partial charge in [0, 0.05) is 18.1 Å². The van der Waals surface area contributed by atoms with Crippen molar-refractivity contribution >= 4 is 23.3 Å². The second kappa shape index (κ2) is 7.22. The number of benzene rings is 2. The van der Waals surface area contributed by atoms with E-state index < -0.39 is 18.5 Å². The summed E-state index contributed by atoms with van der Waals surface area (Å²) in [6.07, 6.45) is 0.731. The number of esters is 1. The normalized spacial score (nSPS) is 13.5. The number of carbonyl (C=O) groups is 3. The highest BCUT2D eigenvalue weighted by Gasteiger charge is 2.21. The summed E-state index contributed by atoms with van der Waals surface area (Å²) in [6, 6.07) is 8.04. The van der Waals surface area contributed by atoms with Gasteiger partial charge in [0.05, 0.1) is 17.9 Å². The molecule has 1 N–H and O–H groups in total. The lowest BCUT2D eigenvalue weighted by molar-refractivity contribution is -0.119. The van der Waals surface area contributed by atoms with Gasteiger partial charge in [0.1, 0.15) is 5.75 Å². The molecule has 2 aromatic rings. The van der Waals surface area contributed by atoms with Gasteiger partial charge in [-0.25, -0.2) is 4.79 Å². The van der Waals surface area contributed by atoms with Gasteiger partial charge in [-0.15, -0.1) is 0 Å². The lowest BCUT2D eigenvalue weighted by Gasteiger charge is -2.11. The second-order valence-corrected chi connectivity index (χ2v) is 6.35. The molecule has 2 heterocycles. The van der Waals surface area contributed by atoms with Crippen molar-refractivity contribution in [3.63, 3.8) is 0 Å². The molecule has 8 nitrogen and oxygen atoms in total. The number of anilines is 1. The molecule has 1 amide bonds. The Morgan fingerprint density at radius 2 is 1.82 bits per heavy atom. The molecule has 0 atom stereocenters. The highest BCUT2D eigenvalue weighted by Crippen LogP contribution is 2.37. The van der Waals surface area contributed by atoms with Crippen LogP contribution in [0.4, 0.5) is 5.69 Å². The molecule has 0 fully saturated rings. The first-order valence-corrected chi connectivity index (χ1v) is 8.68. The summed E-state index contributed by atoms with van der Waals surface area (Å²) in [7, 11) is 0. The van der Waals surface area contributed by atoms with Crippen LogP contribution in [0.1, 0.15) is 33.2 Å². The van der Waals surface area contributed by atoms with E-state index in [0.717, 1.165) is 17.7 Å². The molecule has 0 saturated carbocycles. The van der Waals surface area contributed by atoms with Crippen LogP contribution in [-0.2, 0) is 16.0 Å². The summed E-state index contributed by atoms with van der Waals surface area (Å²) in [5.74, 6) is 0.203. The summed E-state index contributed by atoms with van der Waals surface area (Å²) >= 11 is 0. The van der Waals surface area contributed by atoms with Crippen molar-refractivity contribution in [2.75, 3.05) is 25.3 Å².